The van der Waals surface area contributed by atoms with E-state index in [2.05, 4.69) is 20.4 Å². The Morgan fingerprint density at radius 2 is 2.29 bits per heavy atom. The zero-order valence-electron chi connectivity index (χ0n) is 11.6. The molecule has 112 valence electrons. The number of amides is 1. The molecule has 2 aromatic rings. The summed E-state index contributed by atoms with van der Waals surface area (Å²) in [6.45, 7) is 3.12. The number of nitrogens with zero attached hydrogens (tertiary/aromatic N) is 3. The molecule has 21 heavy (non-hydrogen) atoms. The lowest BCUT2D eigenvalue weighted by molar-refractivity contribution is 0.0467. The molecule has 0 bridgehead atoms. The van der Waals surface area contributed by atoms with Crippen molar-refractivity contribution in [2.75, 3.05) is 13.2 Å². The zero-order valence-corrected chi connectivity index (χ0v) is 12.4. The fraction of sp³-hybridized carbons (Fsp3) is 0.538. The molecule has 0 spiro atoms. The van der Waals surface area contributed by atoms with Gasteiger partial charge in [0.05, 0.1) is 5.51 Å². The fourth-order valence-electron chi connectivity index (χ4n) is 2.41. The van der Waals surface area contributed by atoms with Crippen molar-refractivity contribution in [3.63, 3.8) is 0 Å². The van der Waals surface area contributed by atoms with E-state index in [1.165, 1.54) is 11.3 Å². The molecule has 8 heteroatoms. The van der Waals surface area contributed by atoms with Crippen LogP contribution in [0.15, 0.2) is 15.4 Å². The van der Waals surface area contributed by atoms with Crippen LogP contribution < -0.4 is 5.32 Å². The van der Waals surface area contributed by atoms with Gasteiger partial charge in [-0.05, 0) is 25.7 Å². The molecule has 0 aromatic carbocycles. The number of ether oxygens (including phenoxy) is 1. The Hall–Kier alpha value is -1.80. The molecule has 1 amide bonds. The number of hydrogen-bond acceptors (Lipinski definition) is 7. The molecule has 1 aliphatic heterocycles. The summed E-state index contributed by atoms with van der Waals surface area (Å²) in [6, 6.07) is -0.302. The van der Waals surface area contributed by atoms with Gasteiger partial charge in [-0.15, -0.1) is 11.3 Å². The number of hydrogen-bond donors (Lipinski definition) is 1. The summed E-state index contributed by atoms with van der Waals surface area (Å²) in [6.07, 6.45) is 1.70. The lowest BCUT2D eigenvalue weighted by Crippen LogP contribution is -2.36. The van der Waals surface area contributed by atoms with E-state index in [9.17, 15) is 4.79 Å². The van der Waals surface area contributed by atoms with Crippen molar-refractivity contribution in [2.24, 2.45) is 5.92 Å². The number of aryl methyl sites for hydroxylation is 1. The number of aromatic nitrogens is 3. The molecule has 1 saturated heterocycles. The zero-order chi connectivity index (χ0) is 14.7. The van der Waals surface area contributed by atoms with Gasteiger partial charge in [-0.3, -0.25) is 4.79 Å². The van der Waals surface area contributed by atoms with Crippen LogP contribution in [0.5, 0.6) is 0 Å². The van der Waals surface area contributed by atoms with E-state index < -0.39 is 0 Å². The molecule has 1 fully saturated rings. The number of thiazole rings is 1. The highest BCUT2D eigenvalue weighted by molar-refractivity contribution is 7.07. The Bertz CT molecular complexity index is 592. The van der Waals surface area contributed by atoms with Crippen LogP contribution in [0.3, 0.4) is 0 Å². The highest BCUT2D eigenvalue weighted by Crippen LogP contribution is 2.29. The van der Waals surface area contributed by atoms with Crippen molar-refractivity contribution in [3.05, 3.63) is 28.3 Å². The lowest BCUT2D eigenvalue weighted by Gasteiger charge is -2.28. The summed E-state index contributed by atoms with van der Waals surface area (Å²) in [5, 5.41) is 8.51. The Kier molecular flexibility index (Phi) is 4.26. The first-order valence-corrected chi connectivity index (χ1v) is 7.75. The minimum atomic E-state index is -0.302. The van der Waals surface area contributed by atoms with Gasteiger partial charge >= 0.3 is 0 Å². The maximum atomic E-state index is 12.3. The van der Waals surface area contributed by atoms with Crippen LogP contribution in [0.2, 0.25) is 0 Å². The standard InChI is InChI=1S/C13H16N4O3S/c1-8-15-13(20-17-8)11(9-2-4-19-5-3-9)16-12(18)10-6-21-7-14-10/h6-7,9,11H,2-5H2,1H3,(H,16,18)/t11-/m1/s1. The Balaban J connectivity index is 1.79. The van der Waals surface area contributed by atoms with Crippen molar-refractivity contribution in [3.8, 4) is 0 Å². The molecule has 3 rings (SSSR count). The number of carbonyl (C=O) groups excluding carboxylic acids is 1. The Morgan fingerprint density at radius 3 is 2.90 bits per heavy atom. The first kappa shape index (κ1) is 14.2. The van der Waals surface area contributed by atoms with E-state index in [-0.39, 0.29) is 17.9 Å². The molecule has 0 unspecified atom stereocenters. The molecule has 1 aliphatic rings. The molecular weight excluding hydrogens is 292 g/mol. The Morgan fingerprint density at radius 1 is 1.48 bits per heavy atom. The smallest absolute Gasteiger partial charge is 0.271 e. The van der Waals surface area contributed by atoms with Gasteiger partial charge in [-0.25, -0.2) is 4.98 Å². The van der Waals surface area contributed by atoms with Crippen LogP contribution in [-0.4, -0.2) is 34.2 Å². The highest BCUT2D eigenvalue weighted by Gasteiger charge is 2.31. The van der Waals surface area contributed by atoms with Gasteiger partial charge in [0.1, 0.15) is 11.7 Å². The molecular formula is C13H16N4O3S. The maximum Gasteiger partial charge on any atom is 0.271 e. The van der Waals surface area contributed by atoms with Crippen molar-refractivity contribution in [2.45, 2.75) is 25.8 Å². The molecule has 7 nitrogen and oxygen atoms in total. The van der Waals surface area contributed by atoms with Crippen molar-refractivity contribution in [1.29, 1.82) is 0 Å². The largest absolute Gasteiger partial charge is 0.381 e. The lowest BCUT2D eigenvalue weighted by atomic mass is 9.91. The molecule has 1 N–H and O–H groups in total. The quantitative estimate of drug-likeness (QED) is 0.925. The van der Waals surface area contributed by atoms with Crippen LogP contribution >= 0.6 is 11.3 Å². The summed E-state index contributed by atoms with van der Waals surface area (Å²) in [7, 11) is 0. The summed E-state index contributed by atoms with van der Waals surface area (Å²) < 4.78 is 10.6. The van der Waals surface area contributed by atoms with Crippen LogP contribution in [0.4, 0.5) is 0 Å². The first-order chi connectivity index (χ1) is 10.2. The molecule has 1 atom stereocenters. The number of nitrogens with one attached hydrogen (secondary N) is 1. The molecule has 0 saturated carbocycles. The van der Waals surface area contributed by atoms with Gasteiger partial charge in [-0.2, -0.15) is 4.98 Å². The van der Waals surface area contributed by atoms with Crippen LogP contribution in [0.25, 0.3) is 0 Å². The second kappa shape index (κ2) is 6.31. The fourth-order valence-corrected chi connectivity index (χ4v) is 2.94. The van der Waals surface area contributed by atoms with Crippen LogP contribution in [0.1, 0.15) is 41.1 Å². The van der Waals surface area contributed by atoms with Gasteiger partial charge in [0.25, 0.3) is 5.91 Å². The highest BCUT2D eigenvalue weighted by atomic mass is 32.1. The van der Waals surface area contributed by atoms with Gasteiger partial charge in [0.15, 0.2) is 5.82 Å². The average Bonchev–Trinajstić information content (AvgIpc) is 3.17. The van der Waals surface area contributed by atoms with E-state index in [0.29, 0.717) is 30.6 Å². The van der Waals surface area contributed by atoms with Crippen LogP contribution in [0, 0.1) is 12.8 Å². The number of rotatable bonds is 4. The molecule has 0 radical (unpaired) electrons. The van der Waals surface area contributed by atoms with E-state index >= 15 is 0 Å². The van der Waals surface area contributed by atoms with Crippen molar-refractivity contribution >= 4 is 17.2 Å². The Labute approximate surface area is 125 Å². The van der Waals surface area contributed by atoms with Gasteiger partial charge in [0.2, 0.25) is 5.89 Å². The molecule has 3 heterocycles. The van der Waals surface area contributed by atoms with E-state index in [1.807, 2.05) is 0 Å². The molecule has 0 aliphatic carbocycles. The SMILES string of the molecule is Cc1noc([C@H](NC(=O)c2cscn2)C2CCOCC2)n1. The third-order valence-corrected chi connectivity index (χ3v) is 4.08. The number of carbonyl (C=O) groups is 1. The summed E-state index contributed by atoms with van der Waals surface area (Å²) in [4.78, 5) is 20.5. The monoisotopic (exact) mass is 308 g/mol. The van der Waals surface area contributed by atoms with Crippen molar-refractivity contribution < 1.29 is 14.1 Å². The average molecular weight is 308 g/mol. The summed E-state index contributed by atoms with van der Waals surface area (Å²) in [5.41, 5.74) is 2.04. The minimum Gasteiger partial charge on any atom is -0.381 e. The van der Waals surface area contributed by atoms with Crippen LogP contribution in [-0.2, 0) is 4.74 Å². The first-order valence-electron chi connectivity index (χ1n) is 6.81. The van der Waals surface area contributed by atoms with E-state index in [1.54, 1.807) is 17.8 Å². The minimum absolute atomic E-state index is 0.219. The maximum absolute atomic E-state index is 12.3. The van der Waals surface area contributed by atoms with Gasteiger partial charge in [0, 0.05) is 18.6 Å². The van der Waals surface area contributed by atoms with E-state index in [4.69, 9.17) is 9.26 Å². The predicted molar refractivity (Wildman–Crippen MR) is 74.9 cm³/mol. The second-order valence-electron chi connectivity index (χ2n) is 4.95. The van der Waals surface area contributed by atoms with Crippen molar-refractivity contribution in [1.82, 2.24) is 20.4 Å². The normalized spacial score (nSPS) is 17.6. The second-order valence-corrected chi connectivity index (χ2v) is 5.67. The van der Waals surface area contributed by atoms with Gasteiger partial charge in [-0.1, -0.05) is 5.16 Å². The molecule has 2 aromatic heterocycles. The van der Waals surface area contributed by atoms with Gasteiger partial charge < -0.3 is 14.6 Å². The van der Waals surface area contributed by atoms with E-state index in [0.717, 1.165) is 12.8 Å². The summed E-state index contributed by atoms with van der Waals surface area (Å²) in [5.74, 6) is 1.01. The summed E-state index contributed by atoms with van der Waals surface area (Å²) >= 11 is 1.39. The predicted octanol–water partition coefficient (Wildman–Crippen LogP) is 1.73. The third-order valence-electron chi connectivity index (χ3n) is 3.50. The third kappa shape index (κ3) is 3.27. The topological polar surface area (TPSA) is 90.1 Å².